The number of aromatic carboxylic acids is 1. The Morgan fingerprint density at radius 1 is 1.29 bits per heavy atom. The second-order valence-corrected chi connectivity index (χ2v) is 5.33. The van der Waals surface area contributed by atoms with Gasteiger partial charge < -0.3 is 5.11 Å². The third-order valence-electron chi connectivity index (χ3n) is 3.88. The molecule has 0 bridgehead atoms. The Morgan fingerprint density at radius 3 is 2.67 bits per heavy atom. The summed E-state index contributed by atoms with van der Waals surface area (Å²) in [5.74, 6) is -1.50. The summed E-state index contributed by atoms with van der Waals surface area (Å²) in [6, 6.07) is 2.95. The first-order valence-electron chi connectivity index (χ1n) is 7.09. The van der Waals surface area contributed by atoms with Gasteiger partial charge in [0, 0.05) is 6.20 Å². The van der Waals surface area contributed by atoms with Crippen LogP contribution in [0.25, 0.3) is 11.4 Å². The molecular weight excluding hydrogens is 273 g/mol. The first-order valence-corrected chi connectivity index (χ1v) is 7.09. The van der Waals surface area contributed by atoms with E-state index in [9.17, 15) is 14.3 Å². The Hall–Kier alpha value is -2.24. The molecule has 0 aromatic carbocycles. The molecule has 1 saturated carbocycles. The summed E-state index contributed by atoms with van der Waals surface area (Å²) in [7, 11) is 0. The van der Waals surface area contributed by atoms with Gasteiger partial charge >= 0.3 is 5.97 Å². The van der Waals surface area contributed by atoms with E-state index in [4.69, 9.17) is 0 Å². The molecule has 0 aliphatic heterocycles. The molecule has 3 rings (SSSR count). The van der Waals surface area contributed by atoms with Crippen molar-refractivity contribution in [1.82, 2.24) is 14.8 Å². The van der Waals surface area contributed by atoms with Gasteiger partial charge in [0.2, 0.25) is 0 Å². The SMILES string of the molecule is O=C(O)c1cn(C2CCCCC2)nc1-c1ccc(F)cn1. The normalized spacial score (nSPS) is 16.0. The number of carboxylic acid groups (broad SMARTS) is 1. The van der Waals surface area contributed by atoms with E-state index in [1.54, 1.807) is 10.9 Å². The van der Waals surface area contributed by atoms with Crippen LogP contribution in [0, 0.1) is 5.82 Å². The average Bonchev–Trinajstić information content (AvgIpc) is 2.94. The fraction of sp³-hybridized carbons (Fsp3) is 0.400. The van der Waals surface area contributed by atoms with Gasteiger partial charge in [0.1, 0.15) is 17.1 Å². The molecular formula is C15H16FN3O2. The molecule has 21 heavy (non-hydrogen) atoms. The highest BCUT2D eigenvalue weighted by atomic mass is 19.1. The standard InChI is InChI=1S/C15H16FN3O2/c16-10-6-7-13(17-8-10)14-12(15(20)21)9-19(18-14)11-4-2-1-3-5-11/h6-9,11H,1-5H2,(H,20,21). The van der Waals surface area contributed by atoms with Gasteiger partial charge in [-0.1, -0.05) is 19.3 Å². The van der Waals surface area contributed by atoms with E-state index < -0.39 is 11.8 Å². The second kappa shape index (κ2) is 5.63. The van der Waals surface area contributed by atoms with Crippen LogP contribution in [0.1, 0.15) is 48.5 Å². The second-order valence-electron chi connectivity index (χ2n) is 5.33. The average molecular weight is 289 g/mol. The summed E-state index contributed by atoms with van der Waals surface area (Å²) in [6.07, 6.45) is 8.15. The van der Waals surface area contributed by atoms with Crippen LogP contribution in [0.5, 0.6) is 0 Å². The van der Waals surface area contributed by atoms with Crippen molar-refractivity contribution in [2.24, 2.45) is 0 Å². The minimum Gasteiger partial charge on any atom is -0.478 e. The maximum Gasteiger partial charge on any atom is 0.339 e. The van der Waals surface area contributed by atoms with Crippen LogP contribution in [-0.4, -0.2) is 25.8 Å². The third-order valence-corrected chi connectivity index (χ3v) is 3.88. The maximum absolute atomic E-state index is 13.0. The molecule has 5 nitrogen and oxygen atoms in total. The van der Waals surface area contributed by atoms with Gasteiger partial charge in [-0.05, 0) is 25.0 Å². The third kappa shape index (κ3) is 2.79. The molecule has 2 aromatic heterocycles. The first-order chi connectivity index (χ1) is 10.1. The molecule has 110 valence electrons. The molecule has 1 N–H and O–H groups in total. The van der Waals surface area contributed by atoms with E-state index >= 15 is 0 Å². The largest absolute Gasteiger partial charge is 0.478 e. The fourth-order valence-corrected chi connectivity index (χ4v) is 2.79. The topological polar surface area (TPSA) is 68.0 Å². The number of pyridine rings is 1. The molecule has 1 aliphatic rings. The van der Waals surface area contributed by atoms with Crippen molar-refractivity contribution in [3.63, 3.8) is 0 Å². The van der Waals surface area contributed by atoms with Crippen LogP contribution in [0.3, 0.4) is 0 Å². The van der Waals surface area contributed by atoms with Crippen molar-refractivity contribution in [3.8, 4) is 11.4 Å². The van der Waals surface area contributed by atoms with Crippen LogP contribution in [-0.2, 0) is 0 Å². The summed E-state index contributed by atoms with van der Waals surface area (Å²) in [6.45, 7) is 0. The number of nitrogens with zero attached hydrogens (tertiary/aromatic N) is 3. The number of halogens is 1. The molecule has 1 aliphatic carbocycles. The fourth-order valence-electron chi connectivity index (χ4n) is 2.79. The molecule has 0 saturated heterocycles. The molecule has 0 atom stereocenters. The van der Waals surface area contributed by atoms with Crippen LogP contribution < -0.4 is 0 Å². The minimum atomic E-state index is -1.04. The molecule has 2 heterocycles. The quantitative estimate of drug-likeness (QED) is 0.941. The molecule has 1 fully saturated rings. The zero-order valence-corrected chi connectivity index (χ0v) is 11.5. The number of hydrogen-bond donors (Lipinski definition) is 1. The maximum atomic E-state index is 13.0. The van der Waals surface area contributed by atoms with Gasteiger partial charge in [-0.3, -0.25) is 9.67 Å². The summed E-state index contributed by atoms with van der Waals surface area (Å²) in [5, 5.41) is 13.7. The Balaban J connectivity index is 2.00. The Labute approximate surface area is 121 Å². The van der Waals surface area contributed by atoms with Crippen LogP contribution >= 0.6 is 0 Å². The highest BCUT2D eigenvalue weighted by Gasteiger charge is 2.22. The zero-order chi connectivity index (χ0) is 14.8. The predicted molar refractivity (Wildman–Crippen MR) is 74.5 cm³/mol. The molecule has 0 spiro atoms. The smallest absolute Gasteiger partial charge is 0.339 e. The van der Waals surface area contributed by atoms with E-state index in [0.29, 0.717) is 11.4 Å². The lowest BCUT2D eigenvalue weighted by Gasteiger charge is -2.21. The van der Waals surface area contributed by atoms with Crippen LogP contribution in [0.2, 0.25) is 0 Å². The monoisotopic (exact) mass is 289 g/mol. The van der Waals surface area contributed by atoms with E-state index in [0.717, 1.165) is 31.9 Å². The summed E-state index contributed by atoms with van der Waals surface area (Å²) in [4.78, 5) is 15.3. The van der Waals surface area contributed by atoms with Gasteiger partial charge in [0.05, 0.1) is 17.9 Å². The van der Waals surface area contributed by atoms with Crippen molar-refractivity contribution >= 4 is 5.97 Å². The number of hydrogen-bond acceptors (Lipinski definition) is 3. The van der Waals surface area contributed by atoms with Crippen molar-refractivity contribution in [2.45, 2.75) is 38.1 Å². The van der Waals surface area contributed by atoms with Crippen molar-refractivity contribution < 1.29 is 14.3 Å². The first kappa shape index (κ1) is 13.7. The van der Waals surface area contributed by atoms with E-state index in [1.165, 1.54) is 18.6 Å². The number of carboxylic acids is 1. The number of aromatic nitrogens is 3. The minimum absolute atomic E-state index is 0.111. The number of rotatable bonds is 3. The summed E-state index contributed by atoms with van der Waals surface area (Å²) in [5.41, 5.74) is 0.788. The highest BCUT2D eigenvalue weighted by Crippen LogP contribution is 2.30. The molecule has 0 unspecified atom stereocenters. The lowest BCUT2D eigenvalue weighted by Crippen LogP contribution is -2.13. The van der Waals surface area contributed by atoms with Crippen molar-refractivity contribution in [2.75, 3.05) is 0 Å². The van der Waals surface area contributed by atoms with Gasteiger partial charge in [0.25, 0.3) is 0 Å². The van der Waals surface area contributed by atoms with Crippen LogP contribution in [0.15, 0.2) is 24.5 Å². The highest BCUT2D eigenvalue weighted by molar-refractivity contribution is 5.94. The Kier molecular flexibility index (Phi) is 3.68. The number of carbonyl (C=O) groups is 1. The van der Waals surface area contributed by atoms with Gasteiger partial charge in [-0.15, -0.1) is 0 Å². The lowest BCUT2D eigenvalue weighted by molar-refractivity contribution is 0.0697. The Bertz CT molecular complexity index is 645. The van der Waals surface area contributed by atoms with E-state index in [1.807, 2.05) is 0 Å². The van der Waals surface area contributed by atoms with E-state index in [-0.39, 0.29) is 11.6 Å². The summed E-state index contributed by atoms with van der Waals surface area (Å²) >= 11 is 0. The van der Waals surface area contributed by atoms with E-state index in [2.05, 4.69) is 10.1 Å². The Morgan fingerprint density at radius 2 is 2.05 bits per heavy atom. The van der Waals surface area contributed by atoms with Gasteiger partial charge in [-0.2, -0.15) is 5.10 Å². The predicted octanol–water partition coefficient (Wildman–Crippen LogP) is 3.29. The summed E-state index contributed by atoms with van der Waals surface area (Å²) < 4.78 is 14.7. The molecule has 6 heteroatoms. The van der Waals surface area contributed by atoms with Gasteiger partial charge in [0.15, 0.2) is 0 Å². The van der Waals surface area contributed by atoms with Crippen LogP contribution in [0.4, 0.5) is 4.39 Å². The molecule has 2 aromatic rings. The molecule has 0 amide bonds. The molecule has 0 radical (unpaired) electrons. The zero-order valence-electron chi connectivity index (χ0n) is 11.5. The van der Waals surface area contributed by atoms with Crippen molar-refractivity contribution in [3.05, 3.63) is 35.9 Å². The lowest BCUT2D eigenvalue weighted by atomic mass is 9.96. The van der Waals surface area contributed by atoms with Crippen molar-refractivity contribution in [1.29, 1.82) is 0 Å². The van der Waals surface area contributed by atoms with Gasteiger partial charge in [-0.25, -0.2) is 9.18 Å².